The van der Waals surface area contributed by atoms with Crippen LogP contribution in [0.1, 0.15) is 55.2 Å². The van der Waals surface area contributed by atoms with Crippen molar-refractivity contribution in [2.45, 2.75) is 39.2 Å². The quantitative estimate of drug-likeness (QED) is 0.622. The first-order valence-corrected chi connectivity index (χ1v) is 9.45. The fourth-order valence-corrected chi connectivity index (χ4v) is 3.01. The fourth-order valence-electron chi connectivity index (χ4n) is 3.01. The van der Waals surface area contributed by atoms with E-state index in [-0.39, 0.29) is 23.3 Å². The van der Waals surface area contributed by atoms with Crippen molar-refractivity contribution in [1.29, 1.82) is 0 Å². The molecule has 0 spiro atoms. The third-order valence-corrected chi connectivity index (χ3v) is 4.83. The van der Waals surface area contributed by atoms with Crippen LogP contribution in [-0.2, 0) is 5.41 Å². The monoisotopic (exact) mass is 400 g/mol. The van der Waals surface area contributed by atoms with Gasteiger partial charge < -0.3 is 19.8 Å². The van der Waals surface area contributed by atoms with Crippen LogP contribution in [0, 0.1) is 4.91 Å². The van der Waals surface area contributed by atoms with Gasteiger partial charge in [0.1, 0.15) is 23.7 Å². The van der Waals surface area contributed by atoms with E-state index in [1.165, 1.54) is 18.2 Å². The van der Waals surface area contributed by atoms with E-state index in [4.69, 9.17) is 9.84 Å². The zero-order chi connectivity index (χ0) is 21.8. The van der Waals surface area contributed by atoms with Gasteiger partial charge in [0.2, 0.25) is 0 Å². The minimum Gasteiger partial charge on any atom is -0.507 e. The zero-order valence-corrected chi connectivity index (χ0v) is 17.5. The second kappa shape index (κ2) is 8.94. The Kier molecular flexibility index (Phi) is 6.84. The van der Waals surface area contributed by atoms with Crippen molar-refractivity contribution < 1.29 is 19.7 Å². The van der Waals surface area contributed by atoms with Gasteiger partial charge in [0, 0.05) is 25.3 Å². The van der Waals surface area contributed by atoms with Gasteiger partial charge in [-0.25, -0.2) is 4.79 Å². The van der Waals surface area contributed by atoms with Crippen LogP contribution in [-0.4, -0.2) is 36.4 Å². The highest BCUT2D eigenvalue weighted by atomic mass is 16.5. The first-order valence-electron chi connectivity index (χ1n) is 9.45. The lowest BCUT2D eigenvalue weighted by molar-refractivity contribution is 0.0693. The molecular formula is C22H28N2O5. The lowest BCUT2D eigenvalue weighted by atomic mass is 9.83. The first kappa shape index (κ1) is 22.2. The van der Waals surface area contributed by atoms with Crippen molar-refractivity contribution >= 4 is 11.7 Å². The third-order valence-electron chi connectivity index (χ3n) is 4.83. The van der Waals surface area contributed by atoms with Crippen LogP contribution in [0.3, 0.4) is 0 Å². The van der Waals surface area contributed by atoms with Crippen LogP contribution < -0.4 is 9.64 Å². The smallest absolute Gasteiger partial charge is 0.339 e. The van der Waals surface area contributed by atoms with E-state index in [1.54, 1.807) is 0 Å². The molecule has 29 heavy (non-hydrogen) atoms. The molecule has 0 saturated carbocycles. The average molecular weight is 400 g/mol. The SMILES string of the molecule is CCN(C)c1ccc(C(COc2ccc(C(=O)O)c(O)c2)N=O)cc1C(C)(C)C. The van der Waals surface area contributed by atoms with E-state index in [0.717, 1.165) is 23.4 Å². The lowest BCUT2D eigenvalue weighted by Gasteiger charge is -2.29. The Bertz CT molecular complexity index is 889. The largest absolute Gasteiger partial charge is 0.507 e. The van der Waals surface area contributed by atoms with E-state index in [9.17, 15) is 14.8 Å². The highest BCUT2D eigenvalue weighted by Gasteiger charge is 2.23. The summed E-state index contributed by atoms with van der Waals surface area (Å²) in [5.74, 6) is -1.36. The number of ether oxygens (including phenoxy) is 1. The number of carbonyl (C=O) groups is 1. The highest BCUT2D eigenvalue weighted by Crippen LogP contribution is 2.35. The van der Waals surface area contributed by atoms with Gasteiger partial charge in [-0.1, -0.05) is 38.1 Å². The third kappa shape index (κ3) is 5.25. The molecular weight excluding hydrogens is 372 g/mol. The summed E-state index contributed by atoms with van der Waals surface area (Å²) >= 11 is 0. The molecule has 1 atom stereocenters. The number of nitrogens with zero attached hydrogens (tertiary/aromatic N) is 2. The predicted octanol–water partition coefficient (Wildman–Crippen LogP) is 4.73. The zero-order valence-electron chi connectivity index (χ0n) is 17.5. The van der Waals surface area contributed by atoms with Gasteiger partial charge in [0.05, 0.1) is 0 Å². The Labute approximate surface area is 170 Å². The molecule has 0 aliphatic rings. The van der Waals surface area contributed by atoms with Crippen molar-refractivity contribution in [1.82, 2.24) is 0 Å². The number of hydrogen-bond acceptors (Lipinski definition) is 6. The number of hydrogen-bond donors (Lipinski definition) is 2. The van der Waals surface area contributed by atoms with E-state index in [0.29, 0.717) is 0 Å². The number of anilines is 1. The van der Waals surface area contributed by atoms with Crippen molar-refractivity contribution in [3.63, 3.8) is 0 Å². The van der Waals surface area contributed by atoms with E-state index >= 15 is 0 Å². The molecule has 156 valence electrons. The number of nitroso groups, excluding NO2 is 1. The number of aromatic hydroxyl groups is 1. The number of carboxylic acids is 1. The molecule has 2 rings (SSSR count). The molecule has 0 heterocycles. The van der Waals surface area contributed by atoms with Gasteiger partial charge in [-0.3, -0.25) is 0 Å². The predicted molar refractivity (Wildman–Crippen MR) is 113 cm³/mol. The number of aromatic carboxylic acids is 1. The molecule has 2 N–H and O–H groups in total. The number of benzene rings is 2. The summed E-state index contributed by atoms with van der Waals surface area (Å²) < 4.78 is 5.60. The molecule has 0 amide bonds. The molecule has 7 heteroatoms. The van der Waals surface area contributed by atoms with E-state index in [2.05, 4.69) is 37.8 Å². The highest BCUT2D eigenvalue weighted by molar-refractivity contribution is 5.90. The molecule has 0 aromatic heterocycles. The molecule has 0 fully saturated rings. The topological polar surface area (TPSA) is 99.4 Å². The maximum Gasteiger partial charge on any atom is 0.339 e. The average Bonchev–Trinajstić information content (AvgIpc) is 2.66. The summed E-state index contributed by atoms with van der Waals surface area (Å²) in [7, 11) is 2.02. The van der Waals surface area contributed by atoms with E-state index in [1.807, 2.05) is 25.2 Å². The Hall–Kier alpha value is -3.09. The van der Waals surface area contributed by atoms with Crippen molar-refractivity contribution in [3.05, 3.63) is 58.0 Å². The normalized spacial score (nSPS) is 12.3. The van der Waals surface area contributed by atoms with Crippen molar-refractivity contribution in [2.75, 3.05) is 25.1 Å². The first-order chi connectivity index (χ1) is 13.6. The molecule has 2 aromatic carbocycles. The van der Waals surface area contributed by atoms with Gasteiger partial charge in [-0.05, 0) is 41.7 Å². The minimum atomic E-state index is -1.23. The van der Waals surface area contributed by atoms with Crippen LogP contribution in [0.4, 0.5) is 5.69 Å². The van der Waals surface area contributed by atoms with Gasteiger partial charge >= 0.3 is 5.97 Å². The molecule has 0 radical (unpaired) electrons. The molecule has 0 aliphatic carbocycles. The van der Waals surface area contributed by atoms with E-state index < -0.39 is 17.8 Å². The fraction of sp³-hybridized carbons (Fsp3) is 0.409. The van der Waals surface area contributed by atoms with Crippen molar-refractivity contribution in [2.24, 2.45) is 5.18 Å². The van der Waals surface area contributed by atoms with Crippen LogP contribution in [0.25, 0.3) is 0 Å². The number of phenols is 1. The second-order valence-electron chi connectivity index (χ2n) is 7.96. The standard InChI is InChI=1S/C22H28N2O5/c1-6-24(5)19-10-7-14(11-17(19)22(2,3)4)18(23-28)13-29-15-8-9-16(21(26)27)20(25)12-15/h7-12,18,25H,6,13H2,1-5H3,(H,26,27). The molecule has 0 aliphatic heterocycles. The lowest BCUT2D eigenvalue weighted by Crippen LogP contribution is -2.23. The molecule has 0 bridgehead atoms. The molecule has 2 aromatic rings. The van der Waals surface area contributed by atoms with Gasteiger partial charge in [0.25, 0.3) is 0 Å². The van der Waals surface area contributed by atoms with Crippen LogP contribution in [0.2, 0.25) is 0 Å². The molecule has 0 saturated heterocycles. The Morgan fingerprint density at radius 1 is 1.21 bits per heavy atom. The Balaban J connectivity index is 2.27. The van der Waals surface area contributed by atoms with Crippen molar-refractivity contribution in [3.8, 4) is 11.5 Å². The summed E-state index contributed by atoms with van der Waals surface area (Å²) in [5, 5.41) is 22.0. The summed E-state index contributed by atoms with van der Waals surface area (Å²) in [6.07, 6.45) is 0. The van der Waals surface area contributed by atoms with Crippen LogP contribution >= 0.6 is 0 Å². The molecule has 7 nitrogen and oxygen atoms in total. The Morgan fingerprint density at radius 2 is 1.90 bits per heavy atom. The number of carboxylic acid groups (broad SMARTS) is 1. The van der Waals surface area contributed by atoms with Gasteiger partial charge in [-0.2, -0.15) is 4.91 Å². The summed E-state index contributed by atoms with van der Waals surface area (Å²) in [4.78, 5) is 24.6. The summed E-state index contributed by atoms with van der Waals surface area (Å²) in [5.41, 5.74) is 2.61. The maximum atomic E-state index is 11.5. The van der Waals surface area contributed by atoms with Gasteiger partial charge in [-0.15, -0.1) is 0 Å². The molecule has 1 unspecified atom stereocenters. The number of rotatable bonds is 8. The minimum absolute atomic E-state index is 0.0259. The van der Waals surface area contributed by atoms with Crippen LogP contribution in [0.15, 0.2) is 41.6 Å². The van der Waals surface area contributed by atoms with Crippen LogP contribution in [0.5, 0.6) is 11.5 Å². The maximum absolute atomic E-state index is 11.5. The second-order valence-corrected chi connectivity index (χ2v) is 7.96. The summed E-state index contributed by atoms with van der Waals surface area (Å²) in [6, 6.07) is 9.02. The van der Waals surface area contributed by atoms with Gasteiger partial charge in [0.15, 0.2) is 6.04 Å². The summed E-state index contributed by atoms with van der Waals surface area (Å²) in [6.45, 7) is 9.26. The Morgan fingerprint density at radius 3 is 2.41 bits per heavy atom.